The van der Waals surface area contributed by atoms with Crippen molar-refractivity contribution < 1.29 is 17.6 Å². The molecule has 0 saturated carbocycles. The van der Waals surface area contributed by atoms with Gasteiger partial charge in [0.05, 0.1) is 16.9 Å². The van der Waals surface area contributed by atoms with Crippen molar-refractivity contribution in [2.75, 3.05) is 6.67 Å². The van der Waals surface area contributed by atoms with Gasteiger partial charge >= 0.3 is 0 Å². The second-order valence-electron chi connectivity index (χ2n) is 4.69. The van der Waals surface area contributed by atoms with Crippen molar-refractivity contribution in [3.8, 4) is 0 Å². The lowest BCUT2D eigenvalue weighted by Crippen LogP contribution is -2.63. The fourth-order valence-corrected chi connectivity index (χ4v) is 3.95. The first-order chi connectivity index (χ1) is 8.93. The Morgan fingerprint density at radius 1 is 1.26 bits per heavy atom. The molecular formula is C13H16FNO3S. The first-order valence-electron chi connectivity index (χ1n) is 6.14. The smallest absolute Gasteiger partial charge is 0.266 e. The van der Waals surface area contributed by atoms with Gasteiger partial charge in [-0.25, -0.2) is 17.1 Å². The molecule has 0 aliphatic carbocycles. The van der Waals surface area contributed by atoms with E-state index in [1.807, 2.05) is 6.92 Å². The van der Waals surface area contributed by atoms with Crippen LogP contribution in [0, 0.1) is 12.8 Å². The van der Waals surface area contributed by atoms with Crippen molar-refractivity contribution in [3.05, 3.63) is 29.8 Å². The monoisotopic (exact) mass is 285 g/mol. The number of alkyl halides is 1. The summed E-state index contributed by atoms with van der Waals surface area (Å²) in [6.07, 6.45) is 0.452. The number of β-lactam (4-membered cyclic amide) rings is 1. The maximum atomic E-state index is 13.0. The van der Waals surface area contributed by atoms with E-state index >= 15 is 0 Å². The molecule has 1 aliphatic rings. The zero-order valence-electron chi connectivity index (χ0n) is 10.8. The summed E-state index contributed by atoms with van der Waals surface area (Å²) in [7, 11) is -3.93. The number of rotatable bonds is 4. The predicted molar refractivity (Wildman–Crippen MR) is 68.8 cm³/mol. The van der Waals surface area contributed by atoms with Gasteiger partial charge in [-0.3, -0.25) is 4.79 Å². The van der Waals surface area contributed by atoms with E-state index in [-0.39, 0.29) is 4.90 Å². The third kappa shape index (κ3) is 2.14. The standard InChI is InChI=1S/C13H16FNO3S/c1-3-11-12(8-14)15(13(11)16)19(17,18)10-6-4-9(2)5-7-10/h4-7,11-12H,3,8H2,1-2H3/t11-,12+/m1/s1. The molecule has 0 aromatic heterocycles. The topological polar surface area (TPSA) is 54.5 Å². The van der Waals surface area contributed by atoms with Crippen molar-refractivity contribution >= 4 is 15.9 Å². The molecule has 1 amide bonds. The molecule has 1 heterocycles. The van der Waals surface area contributed by atoms with Gasteiger partial charge in [0.25, 0.3) is 10.0 Å². The van der Waals surface area contributed by atoms with E-state index in [9.17, 15) is 17.6 Å². The van der Waals surface area contributed by atoms with Crippen molar-refractivity contribution in [1.29, 1.82) is 0 Å². The summed E-state index contributed by atoms with van der Waals surface area (Å²) in [6.45, 7) is 2.75. The summed E-state index contributed by atoms with van der Waals surface area (Å²) in [5, 5.41) is 0. The fourth-order valence-electron chi connectivity index (χ4n) is 2.31. The van der Waals surface area contributed by atoms with Crippen LogP contribution in [-0.2, 0) is 14.8 Å². The van der Waals surface area contributed by atoms with Crippen LogP contribution in [-0.4, -0.2) is 31.3 Å². The maximum absolute atomic E-state index is 13.0. The summed E-state index contributed by atoms with van der Waals surface area (Å²) in [5.74, 6) is -1.03. The number of amides is 1. The highest BCUT2D eigenvalue weighted by atomic mass is 32.2. The minimum absolute atomic E-state index is 0.0273. The number of sulfonamides is 1. The second kappa shape index (κ2) is 4.92. The van der Waals surface area contributed by atoms with Gasteiger partial charge in [0.2, 0.25) is 5.91 Å². The Morgan fingerprint density at radius 3 is 2.32 bits per heavy atom. The number of carbonyl (C=O) groups excluding carboxylic acids is 1. The van der Waals surface area contributed by atoms with Gasteiger partial charge in [0.1, 0.15) is 6.67 Å². The third-order valence-electron chi connectivity index (χ3n) is 3.48. The molecule has 2 rings (SSSR count). The van der Waals surface area contributed by atoms with E-state index in [0.717, 1.165) is 5.56 Å². The zero-order valence-corrected chi connectivity index (χ0v) is 11.7. The molecule has 0 unspecified atom stereocenters. The van der Waals surface area contributed by atoms with Crippen LogP contribution in [0.5, 0.6) is 0 Å². The summed E-state index contributed by atoms with van der Waals surface area (Å²) in [4.78, 5) is 11.9. The average molecular weight is 285 g/mol. The van der Waals surface area contributed by atoms with Crippen LogP contribution in [0.25, 0.3) is 0 Å². The number of halogens is 1. The Labute approximate surface area is 112 Å². The Morgan fingerprint density at radius 2 is 1.84 bits per heavy atom. The lowest BCUT2D eigenvalue weighted by molar-refractivity contribution is -0.147. The number of benzene rings is 1. The molecule has 0 N–H and O–H groups in total. The Kier molecular flexibility index (Phi) is 3.62. The molecule has 0 radical (unpaired) electrons. The Hall–Kier alpha value is -1.43. The van der Waals surface area contributed by atoms with Crippen molar-refractivity contribution in [2.45, 2.75) is 31.2 Å². The number of nitrogens with zero attached hydrogens (tertiary/aromatic N) is 1. The number of hydrogen-bond acceptors (Lipinski definition) is 3. The molecule has 1 fully saturated rings. The van der Waals surface area contributed by atoms with E-state index in [0.29, 0.717) is 10.7 Å². The molecule has 1 aromatic carbocycles. The van der Waals surface area contributed by atoms with Crippen LogP contribution in [0.2, 0.25) is 0 Å². The van der Waals surface area contributed by atoms with Gasteiger partial charge in [-0.15, -0.1) is 0 Å². The van der Waals surface area contributed by atoms with Gasteiger partial charge in [0, 0.05) is 0 Å². The van der Waals surface area contributed by atoms with Crippen LogP contribution in [0.15, 0.2) is 29.2 Å². The highest BCUT2D eigenvalue weighted by molar-refractivity contribution is 7.89. The molecule has 4 nitrogen and oxygen atoms in total. The van der Waals surface area contributed by atoms with Crippen LogP contribution in [0.1, 0.15) is 18.9 Å². The van der Waals surface area contributed by atoms with E-state index in [1.165, 1.54) is 12.1 Å². The summed E-state index contributed by atoms with van der Waals surface area (Å²) >= 11 is 0. The van der Waals surface area contributed by atoms with Crippen LogP contribution < -0.4 is 0 Å². The summed E-state index contributed by atoms with van der Waals surface area (Å²) in [6, 6.07) is 5.32. The Balaban J connectivity index is 2.35. The molecule has 0 bridgehead atoms. The molecule has 1 aliphatic heterocycles. The first-order valence-corrected chi connectivity index (χ1v) is 7.58. The lowest BCUT2D eigenvalue weighted by atomic mass is 9.89. The molecule has 1 saturated heterocycles. The van der Waals surface area contributed by atoms with Crippen molar-refractivity contribution in [3.63, 3.8) is 0 Å². The molecule has 19 heavy (non-hydrogen) atoms. The lowest BCUT2D eigenvalue weighted by Gasteiger charge is -2.44. The number of carbonyl (C=O) groups is 1. The van der Waals surface area contributed by atoms with Gasteiger partial charge in [-0.05, 0) is 25.5 Å². The molecular weight excluding hydrogens is 269 g/mol. The normalized spacial score (nSPS) is 23.3. The molecule has 1 aromatic rings. The summed E-state index contributed by atoms with van der Waals surface area (Å²) < 4.78 is 38.2. The van der Waals surface area contributed by atoms with Gasteiger partial charge in [-0.2, -0.15) is 0 Å². The maximum Gasteiger partial charge on any atom is 0.266 e. The number of hydrogen-bond donors (Lipinski definition) is 0. The van der Waals surface area contributed by atoms with Crippen LogP contribution in [0.3, 0.4) is 0 Å². The molecule has 2 atom stereocenters. The average Bonchev–Trinajstić information content (AvgIpc) is 2.36. The highest BCUT2D eigenvalue weighted by Crippen LogP contribution is 2.35. The van der Waals surface area contributed by atoms with E-state index in [2.05, 4.69) is 0 Å². The minimum Gasteiger partial charge on any atom is -0.273 e. The Bertz CT molecular complexity index is 582. The number of aryl methyl sites for hydroxylation is 1. The third-order valence-corrected chi connectivity index (χ3v) is 5.31. The summed E-state index contributed by atoms with van der Waals surface area (Å²) in [5.41, 5.74) is 0.919. The first kappa shape index (κ1) is 14.0. The fraction of sp³-hybridized carbons (Fsp3) is 0.462. The molecule has 104 valence electrons. The minimum atomic E-state index is -3.93. The van der Waals surface area contributed by atoms with Gasteiger partial charge in [0.15, 0.2) is 0 Å². The van der Waals surface area contributed by atoms with Gasteiger partial charge < -0.3 is 0 Å². The van der Waals surface area contributed by atoms with Crippen molar-refractivity contribution in [2.24, 2.45) is 5.92 Å². The SMILES string of the molecule is CC[C@H]1C(=O)N(S(=O)(=O)c2ccc(C)cc2)[C@H]1CF. The molecule has 6 heteroatoms. The van der Waals surface area contributed by atoms with E-state index in [1.54, 1.807) is 19.1 Å². The van der Waals surface area contributed by atoms with E-state index in [4.69, 9.17) is 0 Å². The highest BCUT2D eigenvalue weighted by Gasteiger charge is 2.52. The zero-order chi connectivity index (χ0) is 14.2. The largest absolute Gasteiger partial charge is 0.273 e. The quantitative estimate of drug-likeness (QED) is 0.794. The van der Waals surface area contributed by atoms with Crippen LogP contribution >= 0.6 is 0 Å². The van der Waals surface area contributed by atoms with Gasteiger partial charge in [-0.1, -0.05) is 24.6 Å². The molecule has 0 spiro atoms. The predicted octanol–water partition coefficient (Wildman–Crippen LogP) is 1.89. The van der Waals surface area contributed by atoms with Crippen LogP contribution in [0.4, 0.5) is 4.39 Å². The van der Waals surface area contributed by atoms with Crippen molar-refractivity contribution in [1.82, 2.24) is 4.31 Å². The van der Waals surface area contributed by atoms with E-state index < -0.39 is 34.6 Å². The second-order valence-corrected chi connectivity index (χ2v) is 6.50.